The van der Waals surface area contributed by atoms with Crippen LogP contribution in [0.5, 0.6) is 0 Å². The highest BCUT2D eigenvalue weighted by Gasteiger charge is 2.21. The maximum atomic E-state index is 12.8. The molecule has 0 spiro atoms. The van der Waals surface area contributed by atoms with E-state index in [1.165, 1.54) is 0 Å². The summed E-state index contributed by atoms with van der Waals surface area (Å²) in [6.07, 6.45) is 0. The summed E-state index contributed by atoms with van der Waals surface area (Å²) in [4.78, 5) is 29.9. The van der Waals surface area contributed by atoms with Crippen molar-refractivity contribution in [1.82, 2.24) is 35.4 Å². The van der Waals surface area contributed by atoms with Gasteiger partial charge in [-0.1, -0.05) is 62.4 Å². The molecule has 4 rings (SSSR count). The normalized spacial score (nSPS) is 10.9. The fourth-order valence-corrected chi connectivity index (χ4v) is 3.31. The molecule has 4 aromatic rings. The highest BCUT2D eigenvalue weighted by atomic mass is 16.2. The molecule has 2 aromatic heterocycles. The Hall–Kier alpha value is -4.27. The molecule has 0 radical (unpaired) electrons. The molecule has 0 aliphatic heterocycles. The van der Waals surface area contributed by atoms with Gasteiger partial charge in [0.05, 0.1) is 11.4 Å². The zero-order valence-corrected chi connectivity index (χ0v) is 18.7. The van der Waals surface area contributed by atoms with Crippen LogP contribution < -0.4 is 10.9 Å². The van der Waals surface area contributed by atoms with Crippen LogP contribution in [0, 0.1) is 0 Å². The minimum Gasteiger partial charge on any atom is -0.266 e. The Bertz CT molecular complexity index is 1200. The average Bonchev–Trinajstić information content (AvgIpc) is 3.49. The number of hydrogen-bond acceptors (Lipinski definition) is 5. The predicted octanol–water partition coefficient (Wildman–Crippen LogP) is 3.35. The maximum Gasteiger partial charge on any atom is 0.309 e. The second-order valence-corrected chi connectivity index (χ2v) is 7.71. The van der Waals surface area contributed by atoms with Crippen molar-refractivity contribution in [2.75, 3.05) is 0 Å². The lowest BCUT2D eigenvalue weighted by Crippen LogP contribution is -2.42. The fourth-order valence-electron chi connectivity index (χ4n) is 3.31. The highest BCUT2D eigenvalue weighted by Crippen LogP contribution is 2.21. The van der Waals surface area contributed by atoms with Crippen molar-refractivity contribution in [3.05, 3.63) is 83.9 Å². The van der Waals surface area contributed by atoms with E-state index >= 15 is 0 Å². The predicted molar refractivity (Wildman–Crippen MR) is 124 cm³/mol. The molecule has 0 aliphatic carbocycles. The zero-order valence-electron chi connectivity index (χ0n) is 18.7. The smallest absolute Gasteiger partial charge is 0.266 e. The quantitative estimate of drug-likeness (QED) is 0.445. The van der Waals surface area contributed by atoms with Crippen LogP contribution in [0.1, 0.15) is 53.5 Å². The number of benzene rings is 2. The lowest BCUT2D eigenvalue weighted by atomic mass is 10.1. The van der Waals surface area contributed by atoms with Crippen molar-refractivity contribution >= 4 is 11.8 Å². The molecule has 9 nitrogen and oxygen atoms in total. The molecule has 2 heterocycles. The summed E-state index contributed by atoms with van der Waals surface area (Å²) in [6, 6.07) is 20.6. The molecule has 0 fully saturated rings. The van der Waals surface area contributed by atoms with E-state index in [1.807, 2.05) is 81.4 Å². The summed E-state index contributed by atoms with van der Waals surface area (Å²) in [7, 11) is 0. The van der Waals surface area contributed by atoms with E-state index in [0.29, 0.717) is 18.1 Å². The van der Waals surface area contributed by atoms with Crippen LogP contribution in [0.2, 0.25) is 0 Å². The molecule has 0 atom stereocenters. The molecular weight excluding hydrogens is 418 g/mol. The first-order chi connectivity index (χ1) is 16.0. The molecule has 2 amide bonds. The number of aromatic nitrogens is 5. The number of rotatable bonds is 6. The number of nitrogens with zero attached hydrogens (tertiary/aromatic N) is 5. The third-order valence-corrected chi connectivity index (χ3v) is 5.06. The summed E-state index contributed by atoms with van der Waals surface area (Å²) in [6.45, 7) is 6.44. The van der Waals surface area contributed by atoms with Gasteiger partial charge in [-0.25, -0.2) is 9.67 Å². The molecule has 0 saturated carbocycles. The molecule has 168 valence electrons. The molecule has 0 saturated heterocycles. The number of hydrogen-bond donors (Lipinski definition) is 2. The fraction of sp³-hybridized carbons (Fsp3) is 0.208. The topological polar surface area (TPSA) is 107 Å². The van der Waals surface area contributed by atoms with Gasteiger partial charge in [0.25, 0.3) is 5.91 Å². The lowest BCUT2D eigenvalue weighted by molar-refractivity contribution is 0.0835. The third-order valence-electron chi connectivity index (χ3n) is 5.06. The Kier molecular flexibility index (Phi) is 6.30. The van der Waals surface area contributed by atoms with E-state index < -0.39 is 11.8 Å². The number of aryl methyl sites for hydroxylation is 1. The average molecular weight is 444 g/mol. The minimum atomic E-state index is -0.623. The van der Waals surface area contributed by atoms with Crippen molar-refractivity contribution in [3.63, 3.8) is 0 Å². The van der Waals surface area contributed by atoms with Gasteiger partial charge in [-0.05, 0) is 31.0 Å². The zero-order chi connectivity index (χ0) is 23.4. The van der Waals surface area contributed by atoms with E-state index in [0.717, 1.165) is 16.9 Å². The number of carbonyl (C=O) groups is 2. The van der Waals surface area contributed by atoms with E-state index in [9.17, 15) is 9.59 Å². The Morgan fingerprint density at radius 1 is 0.909 bits per heavy atom. The summed E-state index contributed by atoms with van der Waals surface area (Å²) in [5.74, 6) is -0.451. The first kappa shape index (κ1) is 21.9. The Morgan fingerprint density at radius 2 is 1.55 bits per heavy atom. The number of amides is 2. The lowest BCUT2D eigenvalue weighted by Gasteiger charge is -2.06. The number of hydrazine groups is 1. The van der Waals surface area contributed by atoms with Crippen molar-refractivity contribution in [1.29, 1.82) is 0 Å². The summed E-state index contributed by atoms with van der Waals surface area (Å²) in [5, 5.41) is 8.82. The third kappa shape index (κ3) is 4.67. The second-order valence-electron chi connectivity index (χ2n) is 7.71. The largest absolute Gasteiger partial charge is 0.309 e. The number of carbonyl (C=O) groups excluding carboxylic acids is 2. The molecule has 9 heteroatoms. The number of para-hydroxylation sites is 1. The molecule has 0 aliphatic rings. The molecule has 33 heavy (non-hydrogen) atoms. The van der Waals surface area contributed by atoms with Gasteiger partial charge in [-0.15, -0.1) is 5.10 Å². The molecular formula is C24H25N7O2. The molecule has 2 aromatic carbocycles. The molecule has 0 unspecified atom stereocenters. The van der Waals surface area contributed by atoms with Gasteiger partial charge in [0, 0.05) is 12.1 Å². The van der Waals surface area contributed by atoms with Crippen LogP contribution in [-0.2, 0) is 6.54 Å². The van der Waals surface area contributed by atoms with Crippen LogP contribution in [0.4, 0.5) is 0 Å². The van der Waals surface area contributed by atoms with Crippen molar-refractivity contribution < 1.29 is 9.59 Å². The summed E-state index contributed by atoms with van der Waals surface area (Å²) >= 11 is 0. The van der Waals surface area contributed by atoms with Crippen molar-refractivity contribution in [2.45, 2.75) is 33.2 Å². The van der Waals surface area contributed by atoms with Crippen LogP contribution in [0.3, 0.4) is 0 Å². The van der Waals surface area contributed by atoms with Gasteiger partial charge in [-0.3, -0.25) is 25.1 Å². The van der Waals surface area contributed by atoms with Crippen molar-refractivity contribution in [3.8, 4) is 17.1 Å². The van der Waals surface area contributed by atoms with Crippen LogP contribution in [0.25, 0.3) is 17.1 Å². The highest BCUT2D eigenvalue weighted by molar-refractivity contribution is 5.97. The monoisotopic (exact) mass is 443 g/mol. The number of nitrogens with one attached hydrogen (secondary N) is 2. The van der Waals surface area contributed by atoms with E-state index in [-0.39, 0.29) is 11.7 Å². The summed E-state index contributed by atoms with van der Waals surface area (Å²) in [5.41, 5.74) is 7.61. The Morgan fingerprint density at radius 3 is 2.18 bits per heavy atom. The second kappa shape index (κ2) is 9.47. The summed E-state index contributed by atoms with van der Waals surface area (Å²) < 4.78 is 3.21. The SMILES string of the molecule is CCn1nc(C(C)C)cc1C(=O)NNC(=O)c1nc(-c2ccccc2)n(-c2ccccc2)n1. The standard InChI is InChI=1S/C24H25N7O2/c1-4-30-20(15-19(28-30)16(2)3)23(32)26-27-24(33)21-25-22(17-11-7-5-8-12-17)31(29-21)18-13-9-6-10-14-18/h5-16H,4H2,1-3H3,(H,26,32)(H,27,33). The van der Waals surface area contributed by atoms with Gasteiger partial charge in [0.1, 0.15) is 5.69 Å². The minimum absolute atomic E-state index is 0.0649. The van der Waals surface area contributed by atoms with Gasteiger partial charge in [0.15, 0.2) is 5.82 Å². The van der Waals surface area contributed by atoms with Gasteiger partial charge < -0.3 is 0 Å². The Balaban J connectivity index is 1.57. The molecule has 0 bridgehead atoms. The van der Waals surface area contributed by atoms with Crippen LogP contribution in [-0.4, -0.2) is 36.4 Å². The van der Waals surface area contributed by atoms with E-state index in [1.54, 1.807) is 15.4 Å². The van der Waals surface area contributed by atoms with E-state index in [4.69, 9.17) is 0 Å². The first-order valence-corrected chi connectivity index (χ1v) is 10.7. The van der Waals surface area contributed by atoms with Crippen LogP contribution >= 0.6 is 0 Å². The Labute approximate surface area is 191 Å². The van der Waals surface area contributed by atoms with Gasteiger partial charge in [0.2, 0.25) is 5.82 Å². The first-order valence-electron chi connectivity index (χ1n) is 10.7. The van der Waals surface area contributed by atoms with Gasteiger partial charge >= 0.3 is 5.91 Å². The van der Waals surface area contributed by atoms with Crippen LogP contribution in [0.15, 0.2) is 66.7 Å². The maximum absolute atomic E-state index is 12.8. The van der Waals surface area contributed by atoms with Crippen molar-refractivity contribution in [2.24, 2.45) is 0 Å². The van der Waals surface area contributed by atoms with Gasteiger partial charge in [-0.2, -0.15) is 5.10 Å². The van der Waals surface area contributed by atoms with E-state index in [2.05, 4.69) is 26.0 Å². The molecule has 2 N–H and O–H groups in total.